The number of rotatable bonds is 6. The molecule has 0 aromatic heterocycles. The van der Waals surface area contributed by atoms with E-state index in [9.17, 15) is 0 Å². The van der Waals surface area contributed by atoms with Crippen molar-refractivity contribution < 1.29 is 4.74 Å². The average molecular weight is 253 g/mol. The summed E-state index contributed by atoms with van der Waals surface area (Å²) in [5.41, 5.74) is 1.35. The first-order valence-electron chi connectivity index (χ1n) is 6.55. The van der Waals surface area contributed by atoms with Crippen LogP contribution in [0.1, 0.15) is 38.7 Å². The van der Waals surface area contributed by atoms with Gasteiger partial charge < -0.3 is 4.74 Å². The summed E-state index contributed by atoms with van der Waals surface area (Å²) >= 11 is 6.30. The molecule has 2 rings (SSSR count). The average Bonchev–Trinajstić information content (AvgIpc) is 3.11. The molecule has 1 aliphatic rings. The topological polar surface area (TPSA) is 9.23 Å². The molecular weight excluding hydrogens is 232 g/mol. The van der Waals surface area contributed by atoms with Crippen molar-refractivity contribution in [1.82, 2.24) is 0 Å². The number of halogens is 1. The van der Waals surface area contributed by atoms with Gasteiger partial charge in [-0.3, -0.25) is 0 Å². The van der Waals surface area contributed by atoms with Crippen LogP contribution in [0.15, 0.2) is 24.3 Å². The van der Waals surface area contributed by atoms with Crippen molar-refractivity contribution in [1.29, 1.82) is 0 Å². The Morgan fingerprint density at radius 3 is 2.41 bits per heavy atom. The van der Waals surface area contributed by atoms with Crippen LogP contribution in [0.3, 0.4) is 0 Å². The van der Waals surface area contributed by atoms with Crippen LogP contribution in [0, 0.1) is 5.92 Å². The predicted molar refractivity (Wildman–Crippen MR) is 72.9 cm³/mol. The van der Waals surface area contributed by atoms with Gasteiger partial charge in [0.15, 0.2) is 0 Å². The van der Waals surface area contributed by atoms with Crippen LogP contribution >= 0.6 is 11.6 Å². The van der Waals surface area contributed by atoms with Crippen LogP contribution in [-0.2, 0) is 6.42 Å². The van der Waals surface area contributed by atoms with Gasteiger partial charge in [-0.25, -0.2) is 0 Å². The van der Waals surface area contributed by atoms with E-state index in [1.54, 1.807) is 0 Å². The Bertz CT molecular complexity index is 340. The first kappa shape index (κ1) is 12.8. The molecule has 0 bridgehead atoms. The summed E-state index contributed by atoms with van der Waals surface area (Å²) in [6.07, 6.45) is 5.07. The molecule has 94 valence electrons. The second-order valence-corrected chi connectivity index (χ2v) is 5.76. The summed E-state index contributed by atoms with van der Waals surface area (Å²) in [5, 5.41) is 0.376. The fraction of sp³-hybridized carbons (Fsp3) is 0.600. The fourth-order valence-electron chi connectivity index (χ4n) is 2.01. The Kier molecular flexibility index (Phi) is 4.33. The second kappa shape index (κ2) is 5.77. The number of ether oxygens (including phenoxy) is 1. The van der Waals surface area contributed by atoms with Crippen LogP contribution < -0.4 is 4.74 Å². The molecule has 1 nitrogen and oxygen atoms in total. The van der Waals surface area contributed by atoms with Crippen LogP contribution in [0.4, 0.5) is 0 Å². The molecule has 1 fully saturated rings. The highest BCUT2D eigenvalue weighted by Gasteiger charge is 2.29. The van der Waals surface area contributed by atoms with Gasteiger partial charge in [-0.15, -0.1) is 11.6 Å². The maximum atomic E-state index is 6.30. The van der Waals surface area contributed by atoms with E-state index in [-0.39, 0.29) is 6.10 Å². The van der Waals surface area contributed by atoms with E-state index in [4.69, 9.17) is 16.3 Å². The van der Waals surface area contributed by atoms with E-state index < -0.39 is 0 Å². The lowest BCUT2D eigenvalue weighted by Crippen LogP contribution is -2.05. The number of hydrogen-bond donors (Lipinski definition) is 0. The van der Waals surface area contributed by atoms with Gasteiger partial charge in [-0.2, -0.15) is 0 Å². The third-order valence-corrected chi connectivity index (χ3v) is 3.71. The molecule has 1 atom stereocenters. The smallest absolute Gasteiger partial charge is 0.119 e. The Labute approximate surface area is 109 Å². The zero-order valence-electron chi connectivity index (χ0n) is 10.7. The third kappa shape index (κ3) is 4.23. The van der Waals surface area contributed by atoms with Crippen molar-refractivity contribution in [3.63, 3.8) is 0 Å². The summed E-state index contributed by atoms with van der Waals surface area (Å²) in [5.74, 6) is 1.74. The van der Waals surface area contributed by atoms with E-state index in [1.165, 1.54) is 18.4 Å². The van der Waals surface area contributed by atoms with E-state index in [0.717, 1.165) is 24.5 Å². The Balaban J connectivity index is 1.80. The molecule has 1 unspecified atom stereocenters. The standard InChI is InChI=1S/C15H21ClO/c1-11(2)17-14-8-3-12(4-9-14)5-10-15(16)13-6-7-13/h3-4,8-9,11,13,15H,5-7,10H2,1-2H3. The van der Waals surface area contributed by atoms with Crippen molar-refractivity contribution >= 4 is 11.6 Å². The molecular formula is C15H21ClO. The molecule has 0 aliphatic heterocycles. The number of aryl methyl sites for hydroxylation is 1. The summed E-state index contributed by atoms with van der Waals surface area (Å²) in [6.45, 7) is 4.09. The summed E-state index contributed by atoms with van der Waals surface area (Å²) in [7, 11) is 0. The Hall–Kier alpha value is -0.690. The summed E-state index contributed by atoms with van der Waals surface area (Å²) in [6, 6.07) is 8.40. The summed E-state index contributed by atoms with van der Waals surface area (Å²) < 4.78 is 5.62. The van der Waals surface area contributed by atoms with Gasteiger partial charge in [-0.05, 0) is 63.1 Å². The van der Waals surface area contributed by atoms with E-state index >= 15 is 0 Å². The molecule has 0 spiro atoms. The zero-order valence-corrected chi connectivity index (χ0v) is 11.4. The summed E-state index contributed by atoms with van der Waals surface area (Å²) in [4.78, 5) is 0. The number of alkyl halides is 1. The quantitative estimate of drug-likeness (QED) is 0.681. The third-order valence-electron chi connectivity index (χ3n) is 3.14. The van der Waals surface area contributed by atoms with Crippen LogP contribution in [0.5, 0.6) is 5.75 Å². The van der Waals surface area contributed by atoms with Gasteiger partial charge in [0.1, 0.15) is 5.75 Å². The molecule has 1 aromatic rings. The van der Waals surface area contributed by atoms with Crippen LogP contribution in [0.25, 0.3) is 0 Å². The lowest BCUT2D eigenvalue weighted by molar-refractivity contribution is 0.242. The van der Waals surface area contributed by atoms with Gasteiger partial charge in [0.05, 0.1) is 6.10 Å². The van der Waals surface area contributed by atoms with Crippen LogP contribution in [0.2, 0.25) is 0 Å². The monoisotopic (exact) mass is 252 g/mol. The van der Waals surface area contributed by atoms with E-state index in [0.29, 0.717) is 5.38 Å². The first-order chi connectivity index (χ1) is 8.15. The van der Waals surface area contributed by atoms with Gasteiger partial charge in [0.25, 0.3) is 0 Å². The molecule has 2 heteroatoms. The van der Waals surface area contributed by atoms with Gasteiger partial charge >= 0.3 is 0 Å². The minimum absolute atomic E-state index is 0.239. The molecule has 17 heavy (non-hydrogen) atoms. The highest BCUT2D eigenvalue weighted by atomic mass is 35.5. The normalized spacial score (nSPS) is 17.2. The molecule has 1 aromatic carbocycles. The number of benzene rings is 1. The van der Waals surface area contributed by atoms with Crippen molar-refractivity contribution in [2.75, 3.05) is 0 Å². The largest absolute Gasteiger partial charge is 0.491 e. The van der Waals surface area contributed by atoms with Crippen molar-refractivity contribution in [2.24, 2.45) is 5.92 Å². The maximum Gasteiger partial charge on any atom is 0.119 e. The Morgan fingerprint density at radius 2 is 1.88 bits per heavy atom. The highest BCUT2D eigenvalue weighted by Crippen LogP contribution is 2.37. The van der Waals surface area contributed by atoms with Gasteiger partial charge in [0.2, 0.25) is 0 Å². The molecule has 0 radical (unpaired) electrons. The Morgan fingerprint density at radius 1 is 1.24 bits per heavy atom. The van der Waals surface area contributed by atoms with Crippen molar-refractivity contribution in [2.45, 2.75) is 51.0 Å². The molecule has 0 N–H and O–H groups in total. The van der Waals surface area contributed by atoms with Gasteiger partial charge in [0, 0.05) is 5.38 Å². The van der Waals surface area contributed by atoms with Crippen LogP contribution in [-0.4, -0.2) is 11.5 Å². The molecule has 1 saturated carbocycles. The zero-order chi connectivity index (χ0) is 12.3. The number of hydrogen-bond acceptors (Lipinski definition) is 1. The molecule has 1 aliphatic carbocycles. The SMILES string of the molecule is CC(C)Oc1ccc(CCC(Cl)C2CC2)cc1. The highest BCUT2D eigenvalue weighted by molar-refractivity contribution is 6.20. The van der Waals surface area contributed by atoms with E-state index in [1.807, 2.05) is 13.8 Å². The maximum absolute atomic E-state index is 6.30. The second-order valence-electron chi connectivity index (χ2n) is 5.20. The lowest BCUT2D eigenvalue weighted by Gasteiger charge is -2.11. The van der Waals surface area contributed by atoms with E-state index in [2.05, 4.69) is 24.3 Å². The fourth-order valence-corrected chi connectivity index (χ4v) is 2.37. The molecule has 0 saturated heterocycles. The molecule has 0 heterocycles. The minimum Gasteiger partial charge on any atom is -0.491 e. The minimum atomic E-state index is 0.239. The van der Waals surface area contributed by atoms with Crippen molar-refractivity contribution in [3.8, 4) is 5.75 Å². The first-order valence-corrected chi connectivity index (χ1v) is 6.98. The molecule has 0 amide bonds. The lowest BCUT2D eigenvalue weighted by atomic mass is 10.1. The predicted octanol–water partition coefficient (Wildman–Crippen LogP) is 4.42. The van der Waals surface area contributed by atoms with Crippen molar-refractivity contribution in [3.05, 3.63) is 29.8 Å². The van der Waals surface area contributed by atoms with Gasteiger partial charge in [-0.1, -0.05) is 12.1 Å².